The van der Waals surface area contributed by atoms with E-state index < -0.39 is 23.7 Å². The highest BCUT2D eigenvalue weighted by Gasteiger charge is 2.26. The molecular weight excluding hydrogens is 340 g/mol. The number of carbonyl (C=O) groups is 4. The molecule has 8 nitrogen and oxygen atoms in total. The lowest BCUT2D eigenvalue weighted by Crippen LogP contribution is -2.19. The van der Waals surface area contributed by atoms with Crippen LogP contribution < -0.4 is 20.1 Å². The predicted molar refractivity (Wildman–Crippen MR) is 90.5 cm³/mol. The number of hydrogen-bond acceptors (Lipinski definition) is 6. The van der Waals surface area contributed by atoms with Crippen LogP contribution in [-0.4, -0.2) is 30.8 Å². The Balaban J connectivity index is 1.82. The normalized spacial score (nSPS) is 12.2. The van der Waals surface area contributed by atoms with E-state index in [0.29, 0.717) is 5.69 Å². The van der Waals surface area contributed by atoms with Crippen LogP contribution in [0.2, 0.25) is 0 Å². The number of carbonyl (C=O) groups excluding carboxylic acids is 4. The van der Waals surface area contributed by atoms with E-state index in [1.54, 1.807) is 0 Å². The third-order valence-electron chi connectivity index (χ3n) is 3.67. The molecule has 0 spiro atoms. The summed E-state index contributed by atoms with van der Waals surface area (Å²) in [6.45, 7) is 1.26. The molecule has 0 atom stereocenters. The maximum absolute atomic E-state index is 12.4. The Morgan fingerprint density at radius 2 is 1.69 bits per heavy atom. The first-order valence-electron chi connectivity index (χ1n) is 7.56. The third kappa shape index (κ3) is 3.25. The first-order valence-corrected chi connectivity index (χ1v) is 7.56. The molecule has 1 aliphatic rings. The molecule has 0 unspecified atom stereocenters. The maximum atomic E-state index is 12.4. The first kappa shape index (κ1) is 17.2. The van der Waals surface area contributed by atoms with Gasteiger partial charge < -0.3 is 14.8 Å². The molecule has 2 N–H and O–H groups in total. The van der Waals surface area contributed by atoms with Crippen molar-refractivity contribution >= 4 is 29.4 Å². The van der Waals surface area contributed by atoms with Gasteiger partial charge in [0.1, 0.15) is 0 Å². The lowest BCUT2D eigenvalue weighted by molar-refractivity contribution is -0.132. The standard InChI is InChI=1S/C18H14N2O6/c1-9(21)26-14-6-3-10(7-15(14)25-2)16(22)19-11-4-5-12-13(8-11)18(24)20-17(12)23/h3-8H,1-2H3,(H,19,22)(H,20,23,24). The third-order valence-corrected chi connectivity index (χ3v) is 3.67. The molecule has 0 radical (unpaired) electrons. The average Bonchev–Trinajstić information content (AvgIpc) is 2.88. The zero-order valence-electron chi connectivity index (χ0n) is 13.9. The first-order chi connectivity index (χ1) is 12.4. The van der Waals surface area contributed by atoms with Crippen molar-refractivity contribution in [3.63, 3.8) is 0 Å². The Morgan fingerprint density at radius 1 is 0.962 bits per heavy atom. The molecule has 2 aromatic carbocycles. The number of rotatable bonds is 4. The summed E-state index contributed by atoms with van der Waals surface area (Å²) in [7, 11) is 1.39. The van der Waals surface area contributed by atoms with E-state index in [-0.39, 0.29) is 28.2 Å². The van der Waals surface area contributed by atoms with E-state index in [4.69, 9.17) is 9.47 Å². The predicted octanol–water partition coefficient (Wildman–Crippen LogP) is 1.76. The smallest absolute Gasteiger partial charge is 0.308 e. The Morgan fingerprint density at radius 3 is 2.38 bits per heavy atom. The zero-order valence-corrected chi connectivity index (χ0v) is 13.9. The Bertz CT molecular complexity index is 951. The van der Waals surface area contributed by atoms with Crippen LogP contribution >= 0.6 is 0 Å². The molecule has 0 fully saturated rings. The minimum absolute atomic E-state index is 0.198. The topological polar surface area (TPSA) is 111 Å². The summed E-state index contributed by atoms with van der Waals surface area (Å²) >= 11 is 0. The minimum Gasteiger partial charge on any atom is -0.493 e. The molecule has 1 aliphatic heterocycles. The summed E-state index contributed by atoms with van der Waals surface area (Å²) in [6.07, 6.45) is 0. The van der Waals surface area contributed by atoms with Gasteiger partial charge in [-0.25, -0.2) is 0 Å². The molecule has 26 heavy (non-hydrogen) atoms. The van der Waals surface area contributed by atoms with Gasteiger partial charge in [-0.1, -0.05) is 0 Å². The number of hydrogen-bond donors (Lipinski definition) is 2. The summed E-state index contributed by atoms with van der Waals surface area (Å²) in [4.78, 5) is 46.7. The summed E-state index contributed by atoms with van der Waals surface area (Å²) in [5, 5.41) is 4.82. The fraction of sp³-hybridized carbons (Fsp3) is 0.111. The molecule has 0 saturated carbocycles. The molecule has 3 amide bonds. The molecule has 0 bridgehead atoms. The summed E-state index contributed by atoms with van der Waals surface area (Å²) < 4.78 is 10.1. The second-order valence-corrected chi connectivity index (χ2v) is 5.46. The Labute approximate surface area is 148 Å². The monoisotopic (exact) mass is 354 g/mol. The van der Waals surface area contributed by atoms with Crippen molar-refractivity contribution in [1.82, 2.24) is 5.32 Å². The van der Waals surface area contributed by atoms with E-state index in [1.165, 1.54) is 50.4 Å². The van der Waals surface area contributed by atoms with Crippen LogP contribution in [0, 0.1) is 0 Å². The van der Waals surface area contributed by atoms with Crippen LogP contribution in [0.1, 0.15) is 38.0 Å². The molecule has 1 heterocycles. The quantitative estimate of drug-likeness (QED) is 0.492. The Kier molecular flexibility index (Phi) is 4.40. The molecule has 2 aromatic rings. The average molecular weight is 354 g/mol. The van der Waals surface area contributed by atoms with Crippen LogP contribution in [0.5, 0.6) is 11.5 Å². The van der Waals surface area contributed by atoms with Crippen molar-refractivity contribution in [3.05, 3.63) is 53.1 Å². The van der Waals surface area contributed by atoms with Gasteiger partial charge in [-0.2, -0.15) is 0 Å². The summed E-state index contributed by atoms with van der Waals surface area (Å²) in [5.74, 6) is -1.51. The van der Waals surface area contributed by atoms with Crippen LogP contribution in [0.4, 0.5) is 5.69 Å². The van der Waals surface area contributed by atoms with Crippen LogP contribution in [0.15, 0.2) is 36.4 Å². The minimum atomic E-state index is -0.508. The van der Waals surface area contributed by atoms with E-state index >= 15 is 0 Å². The van der Waals surface area contributed by atoms with E-state index in [2.05, 4.69) is 10.6 Å². The van der Waals surface area contributed by atoms with Crippen molar-refractivity contribution in [2.75, 3.05) is 12.4 Å². The fourth-order valence-corrected chi connectivity index (χ4v) is 2.50. The van der Waals surface area contributed by atoms with Crippen molar-refractivity contribution in [2.45, 2.75) is 6.92 Å². The molecule has 0 aliphatic carbocycles. The number of methoxy groups -OCH3 is 1. The van der Waals surface area contributed by atoms with Gasteiger partial charge in [0.25, 0.3) is 17.7 Å². The molecule has 132 valence electrons. The van der Waals surface area contributed by atoms with Crippen molar-refractivity contribution in [3.8, 4) is 11.5 Å². The highest BCUT2D eigenvalue weighted by Crippen LogP contribution is 2.29. The second-order valence-electron chi connectivity index (χ2n) is 5.46. The number of esters is 1. The van der Waals surface area contributed by atoms with Crippen LogP contribution in [0.25, 0.3) is 0 Å². The lowest BCUT2D eigenvalue weighted by atomic mass is 10.1. The van der Waals surface area contributed by atoms with Gasteiger partial charge in [0, 0.05) is 18.2 Å². The summed E-state index contributed by atoms with van der Waals surface area (Å²) in [6, 6.07) is 8.77. The largest absolute Gasteiger partial charge is 0.493 e. The maximum Gasteiger partial charge on any atom is 0.308 e. The number of nitrogens with one attached hydrogen (secondary N) is 2. The number of ether oxygens (including phenoxy) is 2. The molecule has 0 saturated heterocycles. The van der Waals surface area contributed by atoms with Gasteiger partial charge in [-0.15, -0.1) is 0 Å². The highest BCUT2D eigenvalue weighted by molar-refractivity contribution is 6.22. The van der Waals surface area contributed by atoms with Crippen LogP contribution in [0.3, 0.4) is 0 Å². The number of imide groups is 1. The SMILES string of the molecule is COc1cc(C(=O)Nc2ccc3c(c2)C(=O)NC3=O)ccc1OC(C)=O. The van der Waals surface area contributed by atoms with Crippen molar-refractivity contribution in [1.29, 1.82) is 0 Å². The lowest BCUT2D eigenvalue weighted by Gasteiger charge is -2.10. The Hall–Kier alpha value is -3.68. The van der Waals surface area contributed by atoms with E-state index in [0.717, 1.165) is 0 Å². The fourth-order valence-electron chi connectivity index (χ4n) is 2.50. The number of benzene rings is 2. The number of anilines is 1. The second kappa shape index (κ2) is 6.67. The van der Waals surface area contributed by atoms with Crippen LogP contribution in [-0.2, 0) is 4.79 Å². The molecule has 0 aromatic heterocycles. The summed E-state index contributed by atoms with van der Waals surface area (Å²) in [5.41, 5.74) is 1.09. The molecule has 3 rings (SSSR count). The number of fused-ring (bicyclic) bond motifs is 1. The van der Waals surface area contributed by atoms with Crippen molar-refractivity contribution < 1.29 is 28.7 Å². The molecule has 8 heteroatoms. The molecular formula is C18H14N2O6. The van der Waals surface area contributed by atoms with Gasteiger partial charge >= 0.3 is 5.97 Å². The van der Waals surface area contributed by atoms with Gasteiger partial charge in [-0.3, -0.25) is 24.5 Å². The van der Waals surface area contributed by atoms with Gasteiger partial charge in [-0.05, 0) is 36.4 Å². The van der Waals surface area contributed by atoms with Gasteiger partial charge in [0.2, 0.25) is 0 Å². The van der Waals surface area contributed by atoms with Crippen molar-refractivity contribution in [2.24, 2.45) is 0 Å². The zero-order chi connectivity index (χ0) is 18.8. The van der Waals surface area contributed by atoms with Gasteiger partial charge in [0.05, 0.1) is 18.2 Å². The van der Waals surface area contributed by atoms with Gasteiger partial charge in [0.15, 0.2) is 11.5 Å². The van der Waals surface area contributed by atoms with E-state index in [1.807, 2.05) is 0 Å². The van der Waals surface area contributed by atoms with E-state index in [9.17, 15) is 19.2 Å². The highest BCUT2D eigenvalue weighted by atomic mass is 16.6. The number of amides is 3.